The fourth-order valence-electron chi connectivity index (χ4n) is 1.28. The van der Waals surface area contributed by atoms with Gasteiger partial charge in [-0.15, -0.1) is 6.58 Å². The van der Waals surface area contributed by atoms with Gasteiger partial charge in [-0.3, -0.25) is 0 Å². The molecule has 0 bridgehead atoms. The third-order valence-electron chi connectivity index (χ3n) is 2.32. The van der Waals surface area contributed by atoms with E-state index in [-0.39, 0.29) is 0 Å². The molecule has 0 saturated carbocycles. The molecule has 2 nitrogen and oxygen atoms in total. The number of aliphatic hydroxyl groups is 2. The lowest BCUT2D eigenvalue weighted by molar-refractivity contribution is 0.280. The first-order chi connectivity index (χ1) is 9.20. The molecule has 0 saturated heterocycles. The van der Waals surface area contributed by atoms with Crippen LogP contribution in [-0.4, -0.2) is 22.4 Å². The zero-order chi connectivity index (χ0) is 14.3. The zero-order valence-electron chi connectivity index (χ0n) is 11.3. The number of allylic oxidation sites excluding steroid dienone is 2. The first-order valence-corrected chi connectivity index (χ1v) is 6.48. The third kappa shape index (κ3) is 12.5. The van der Waals surface area contributed by atoms with Crippen molar-refractivity contribution < 1.29 is 10.2 Å². The Kier molecular flexibility index (Phi) is 11.5. The molecule has 0 heterocycles. The molecule has 102 valence electrons. The highest BCUT2D eigenvalue weighted by Gasteiger charge is 1.90. The zero-order valence-corrected chi connectivity index (χ0v) is 11.3. The van der Waals surface area contributed by atoms with Gasteiger partial charge in [0.25, 0.3) is 0 Å². The molecule has 2 N–H and O–H groups in total. The average molecular weight is 258 g/mol. The van der Waals surface area contributed by atoms with Gasteiger partial charge in [-0.25, -0.2) is 0 Å². The lowest BCUT2D eigenvalue weighted by Gasteiger charge is -1.96. The Morgan fingerprint density at radius 2 is 1.53 bits per heavy atom. The van der Waals surface area contributed by atoms with Crippen molar-refractivity contribution in [1.82, 2.24) is 0 Å². The van der Waals surface area contributed by atoms with E-state index in [9.17, 15) is 5.11 Å². The van der Waals surface area contributed by atoms with E-state index in [2.05, 4.69) is 36.8 Å². The van der Waals surface area contributed by atoms with E-state index in [4.69, 9.17) is 5.11 Å². The quantitative estimate of drug-likeness (QED) is 0.399. The predicted octanol–water partition coefficient (Wildman–Crippen LogP) is 2.59. The minimum Gasteiger partial charge on any atom is -0.377 e. The van der Waals surface area contributed by atoms with Crippen molar-refractivity contribution in [3.05, 3.63) is 37.5 Å². The topological polar surface area (TPSA) is 40.5 Å². The van der Waals surface area contributed by atoms with Gasteiger partial charge in [-0.2, -0.15) is 0 Å². The van der Waals surface area contributed by atoms with Crippen LogP contribution in [0, 0.1) is 23.7 Å². The van der Waals surface area contributed by atoms with Crippen LogP contribution in [0.4, 0.5) is 0 Å². The van der Waals surface area contributed by atoms with E-state index >= 15 is 0 Å². The first-order valence-electron chi connectivity index (χ1n) is 6.48. The Balaban J connectivity index is 3.80. The molecular formula is C17H22O2. The smallest absolute Gasteiger partial charge is 0.134 e. The normalized spacial score (nSPS) is 12.7. The molecule has 0 rings (SSSR count). The van der Waals surface area contributed by atoms with Gasteiger partial charge in [-0.1, -0.05) is 43.1 Å². The second-order valence-electron chi connectivity index (χ2n) is 4.02. The molecule has 2 heteroatoms. The summed E-state index contributed by atoms with van der Waals surface area (Å²) in [5.41, 5.74) is 0. The third-order valence-corrected chi connectivity index (χ3v) is 2.32. The highest BCUT2D eigenvalue weighted by atomic mass is 16.3. The molecule has 0 aromatic rings. The fourth-order valence-corrected chi connectivity index (χ4v) is 1.28. The largest absolute Gasteiger partial charge is 0.377 e. The number of unbranched alkanes of at least 4 members (excludes halogenated alkanes) is 4. The van der Waals surface area contributed by atoms with Crippen LogP contribution in [0.25, 0.3) is 0 Å². The van der Waals surface area contributed by atoms with Gasteiger partial charge in [0.15, 0.2) is 0 Å². The molecule has 0 aliphatic rings. The maximum atomic E-state index is 9.49. The van der Waals surface area contributed by atoms with Crippen LogP contribution in [0.5, 0.6) is 0 Å². The number of rotatable bonds is 8. The summed E-state index contributed by atoms with van der Waals surface area (Å²) in [6, 6.07) is 0. The van der Waals surface area contributed by atoms with Crippen molar-refractivity contribution in [2.24, 2.45) is 0 Å². The second kappa shape index (κ2) is 12.7. The van der Waals surface area contributed by atoms with Gasteiger partial charge in [0, 0.05) is 0 Å². The Morgan fingerprint density at radius 1 is 0.895 bits per heavy atom. The molecule has 0 aliphatic heterocycles. The Hall–Kier alpha value is -1.74. The summed E-state index contributed by atoms with van der Waals surface area (Å²) in [7, 11) is 0. The lowest BCUT2D eigenvalue weighted by atomic mass is 10.1. The van der Waals surface area contributed by atoms with Crippen LogP contribution in [-0.2, 0) is 0 Å². The van der Waals surface area contributed by atoms with Gasteiger partial charge >= 0.3 is 0 Å². The first kappa shape index (κ1) is 17.3. The molecule has 0 aromatic heterocycles. The Bertz CT molecular complexity index is 398. The minimum atomic E-state index is -0.863. The van der Waals surface area contributed by atoms with Crippen LogP contribution >= 0.6 is 0 Å². The molecule has 19 heavy (non-hydrogen) atoms. The van der Waals surface area contributed by atoms with Crippen molar-refractivity contribution in [1.29, 1.82) is 0 Å². The van der Waals surface area contributed by atoms with E-state index in [1.807, 2.05) is 12.2 Å². The summed E-state index contributed by atoms with van der Waals surface area (Å²) < 4.78 is 0. The second-order valence-corrected chi connectivity index (χ2v) is 4.02. The Labute approximate surface area is 116 Å². The predicted molar refractivity (Wildman–Crippen MR) is 80.2 cm³/mol. The van der Waals surface area contributed by atoms with Crippen molar-refractivity contribution in [2.75, 3.05) is 0 Å². The molecule has 0 unspecified atom stereocenters. The fraction of sp³-hybridized carbons (Fsp3) is 0.412. The van der Waals surface area contributed by atoms with Crippen molar-refractivity contribution in [3.63, 3.8) is 0 Å². The van der Waals surface area contributed by atoms with E-state index in [1.165, 1.54) is 18.9 Å². The van der Waals surface area contributed by atoms with Gasteiger partial charge in [0.2, 0.25) is 0 Å². The minimum absolute atomic E-state index is 0.802. The van der Waals surface area contributed by atoms with Gasteiger partial charge in [-0.05, 0) is 43.6 Å². The number of hydrogen-bond acceptors (Lipinski definition) is 2. The highest BCUT2D eigenvalue weighted by Crippen LogP contribution is 2.04. The molecule has 0 fully saturated rings. The van der Waals surface area contributed by atoms with E-state index in [0.29, 0.717) is 0 Å². The maximum absolute atomic E-state index is 9.49. The molecule has 2 atom stereocenters. The highest BCUT2D eigenvalue weighted by molar-refractivity contribution is 5.31. The van der Waals surface area contributed by atoms with E-state index in [0.717, 1.165) is 19.3 Å². The van der Waals surface area contributed by atoms with Crippen molar-refractivity contribution in [3.8, 4) is 23.7 Å². The average Bonchev–Trinajstić information content (AvgIpc) is 2.42. The summed E-state index contributed by atoms with van der Waals surface area (Å²) in [6.07, 6.45) is 10.6. The SMILES string of the molecule is C=CCCCCC/C=C\[C@H](O)C#CC#C[C@H](O)C=C. The molecular weight excluding hydrogens is 236 g/mol. The Morgan fingerprint density at radius 3 is 2.16 bits per heavy atom. The molecule has 0 radical (unpaired) electrons. The molecule has 0 spiro atoms. The molecule has 0 amide bonds. The van der Waals surface area contributed by atoms with Gasteiger partial charge < -0.3 is 10.2 Å². The number of hydrogen-bond donors (Lipinski definition) is 2. The van der Waals surface area contributed by atoms with Crippen molar-refractivity contribution in [2.45, 2.75) is 44.3 Å². The summed E-state index contributed by atoms with van der Waals surface area (Å²) in [5, 5.41) is 18.5. The van der Waals surface area contributed by atoms with Crippen LogP contribution in [0.3, 0.4) is 0 Å². The van der Waals surface area contributed by atoms with Gasteiger partial charge in [0.05, 0.1) is 0 Å². The van der Waals surface area contributed by atoms with Crippen LogP contribution in [0.1, 0.15) is 32.1 Å². The van der Waals surface area contributed by atoms with Crippen molar-refractivity contribution >= 4 is 0 Å². The van der Waals surface area contributed by atoms with Crippen LogP contribution < -0.4 is 0 Å². The van der Waals surface area contributed by atoms with Crippen LogP contribution in [0.15, 0.2) is 37.5 Å². The summed E-state index contributed by atoms with van der Waals surface area (Å²) >= 11 is 0. The summed E-state index contributed by atoms with van der Waals surface area (Å²) in [4.78, 5) is 0. The monoisotopic (exact) mass is 258 g/mol. The summed E-state index contributed by atoms with van der Waals surface area (Å²) in [5.74, 6) is 9.96. The summed E-state index contributed by atoms with van der Waals surface area (Å²) in [6.45, 7) is 7.06. The molecule has 0 aromatic carbocycles. The maximum Gasteiger partial charge on any atom is 0.134 e. The standard InChI is InChI=1S/C17H22O2/c1-3-5-6-7-8-9-10-14-17(19)15-12-11-13-16(18)4-2/h3-4,10,14,16-19H,1-2,5-9H2/b14-10-/t16-,17+/m1/s1. The number of aliphatic hydroxyl groups excluding tert-OH is 2. The van der Waals surface area contributed by atoms with E-state index < -0.39 is 12.2 Å². The van der Waals surface area contributed by atoms with E-state index in [1.54, 1.807) is 6.08 Å². The van der Waals surface area contributed by atoms with Crippen LogP contribution in [0.2, 0.25) is 0 Å². The lowest BCUT2D eigenvalue weighted by Crippen LogP contribution is -1.97. The molecule has 0 aliphatic carbocycles. The van der Waals surface area contributed by atoms with Gasteiger partial charge in [0.1, 0.15) is 12.2 Å².